The fraction of sp³-hybridized carbons (Fsp3) is 0.436. The number of carbonyl (C=O) groups is 3. The van der Waals surface area contributed by atoms with Crippen LogP contribution >= 0.6 is 0 Å². The molecule has 5 aromatic rings. The molecule has 2 saturated carbocycles. The van der Waals surface area contributed by atoms with Gasteiger partial charge in [-0.1, -0.05) is 24.3 Å². The summed E-state index contributed by atoms with van der Waals surface area (Å²) in [7, 11) is 0. The van der Waals surface area contributed by atoms with Gasteiger partial charge in [0.1, 0.15) is 5.60 Å². The molecule has 3 aromatic heterocycles. The maximum atomic E-state index is 14.2. The van der Waals surface area contributed by atoms with Crippen molar-refractivity contribution in [2.24, 2.45) is 17.6 Å². The fourth-order valence-electron chi connectivity index (χ4n) is 7.05. The number of benzene rings is 2. The highest BCUT2D eigenvalue weighted by atomic mass is 16.6. The van der Waals surface area contributed by atoms with Gasteiger partial charge in [-0.3, -0.25) is 9.59 Å². The highest BCUT2D eigenvalue weighted by Crippen LogP contribution is 2.38. The van der Waals surface area contributed by atoms with Gasteiger partial charge in [0.15, 0.2) is 11.5 Å². The Morgan fingerprint density at radius 1 is 1.00 bits per heavy atom. The van der Waals surface area contributed by atoms with Crippen molar-refractivity contribution in [2.75, 3.05) is 11.4 Å². The van der Waals surface area contributed by atoms with E-state index in [1.54, 1.807) is 18.2 Å². The lowest BCUT2D eigenvalue weighted by atomic mass is 9.81. The Labute approximate surface area is 301 Å². The first-order chi connectivity index (χ1) is 24.8. The average Bonchev–Trinajstić information content (AvgIpc) is 3.77. The van der Waals surface area contributed by atoms with E-state index in [4.69, 9.17) is 20.6 Å². The van der Waals surface area contributed by atoms with Gasteiger partial charge in [0.2, 0.25) is 5.91 Å². The third-order valence-corrected chi connectivity index (χ3v) is 10.0. The molecule has 52 heavy (non-hydrogen) atoms. The number of alkyl carbamates (subject to hydrolysis) is 1. The number of imidazole rings is 1. The van der Waals surface area contributed by atoms with Crippen LogP contribution in [-0.2, 0) is 20.7 Å². The molecule has 13 heteroatoms. The number of carbonyl (C=O) groups excluding carboxylic acids is 3. The minimum absolute atomic E-state index is 0.189. The van der Waals surface area contributed by atoms with Crippen LogP contribution in [0.4, 0.5) is 10.5 Å². The van der Waals surface area contributed by atoms with E-state index >= 15 is 0 Å². The molecule has 13 nitrogen and oxygen atoms in total. The smallest absolute Gasteiger partial charge is 0.407 e. The Bertz CT molecular complexity index is 2180. The van der Waals surface area contributed by atoms with E-state index in [1.165, 1.54) is 4.90 Å². The van der Waals surface area contributed by atoms with Crippen molar-refractivity contribution in [1.82, 2.24) is 29.9 Å². The summed E-state index contributed by atoms with van der Waals surface area (Å²) >= 11 is 0. The predicted octanol–water partition coefficient (Wildman–Crippen LogP) is 5.51. The van der Waals surface area contributed by atoms with E-state index in [0.717, 1.165) is 46.6 Å². The molecule has 2 aliphatic carbocycles. The van der Waals surface area contributed by atoms with E-state index in [2.05, 4.69) is 28.3 Å². The van der Waals surface area contributed by atoms with Crippen molar-refractivity contribution in [3.05, 3.63) is 82.2 Å². The number of aryl methyl sites for hydroxylation is 1. The molecule has 272 valence electrons. The summed E-state index contributed by atoms with van der Waals surface area (Å²) in [6.45, 7) is 7.96. The Morgan fingerprint density at radius 3 is 2.40 bits per heavy atom. The third-order valence-electron chi connectivity index (χ3n) is 10.0. The second-order valence-electron chi connectivity index (χ2n) is 15.3. The molecule has 1 atom stereocenters. The normalized spacial score (nSPS) is 18.3. The van der Waals surface area contributed by atoms with E-state index in [9.17, 15) is 19.2 Å². The molecular formula is C39H46N8O5. The molecule has 3 amide bonds. The van der Waals surface area contributed by atoms with Crippen molar-refractivity contribution >= 4 is 40.3 Å². The fourth-order valence-corrected chi connectivity index (χ4v) is 7.05. The first kappa shape index (κ1) is 35.1. The number of pyridine rings is 1. The number of aromatic amines is 2. The SMILES string of the molecule is Cc1cc2nc(C3CC3)nn2cc1-c1ccc(C[C@H](N)C(=O)N(c2ccc3[nH]c(=O)[nH]c3c2)C(=O)[C@H]2CC[C@H](CNC(=O)OC(C)(C)C)CC2)cc1. The van der Waals surface area contributed by atoms with Gasteiger partial charge in [0.25, 0.3) is 5.91 Å². The van der Waals surface area contributed by atoms with Gasteiger partial charge in [-0.15, -0.1) is 0 Å². The van der Waals surface area contributed by atoms with Crippen molar-refractivity contribution < 1.29 is 19.1 Å². The third kappa shape index (κ3) is 7.79. The van der Waals surface area contributed by atoms with E-state index in [0.29, 0.717) is 54.9 Å². The zero-order valence-electron chi connectivity index (χ0n) is 30.1. The van der Waals surface area contributed by atoms with Gasteiger partial charge in [-0.25, -0.2) is 24.0 Å². The molecule has 0 bridgehead atoms. The van der Waals surface area contributed by atoms with E-state index in [1.807, 2.05) is 55.7 Å². The van der Waals surface area contributed by atoms with Gasteiger partial charge in [-0.2, -0.15) is 5.10 Å². The summed E-state index contributed by atoms with van der Waals surface area (Å²) < 4.78 is 7.20. The number of imide groups is 1. The zero-order chi connectivity index (χ0) is 36.7. The van der Waals surface area contributed by atoms with Gasteiger partial charge in [-0.05, 0) is 120 Å². The second-order valence-corrected chi connectivity index (χ2v) is 15.3. The van der Waals surface area contributed by atoms with Crippen molar-refractivity contribution in [2.45, 2.75) is 90.2 Å². The lowest BCUT2D eigenvalue weighted by Crippen LogP contribution is -2.50. The van der Waals surface area contributed by atoms with Crippen LogP contribution < -0.4 is 21.6 Å². The number of nitrogens with one attached hydrogen (secondary N) is 3. The van der Waals surface area contributed by atoms with Gasteiger partial charge in [0.05, 0.1) is 22.8 Å². The number of nitrogens with two attached hydrogens (primary N) is 1. The Kier molecular flexibility index (Phi) is 9.47. The van der Waals surface area contributed by atoms with Crippen LogP contribution in [0.15, 0.2) is 59.5 Å². The molecule has 0 unspecified atom stereocenters. The number of fused-ring (bicyclic) bond motifs is 2. The lowest BCUT2D eigenvalue weighted by Gasteiger charge is -2.32. The molecule has 2 fully saturated rings. The molecular weight excluding hydrogens is 660 g/mol. The molecule has 3 heterocycles. The average molecular weight is 707 g/mol. The Hall–Kier alpha value is -5.30. The van der Waals surface area contributed by atoms with Crippen molar-refractivity contribution in [3.8, 4) is 11.1 Å². The number of aromatic nitrogens is 5. The maximum Gasteiger partial charge on any atom is 0.407 e. The van der Waals surface area contributed by atoms with Crippen LogP contribution in [0, 0.1) is 18.8 Å². The topological polar surface area (TPSA) is 181 Å². The number of nitrogens with zero attached hydrogens (tertiary/aromatic N) is 4. The molecule has 5 N–H and O–H groups in total. The summed E-state index contributed by atoms with van der Waals surface area (Å²) in [6, 6.07) is 13.9. The monoisotopic (exact) mass is 706 g/mol. The largest absolute Gasteiger partial charge is 0.444 e. The molecule has 2 aromatic carbocycles. The molecule has 2 aliphatic rings. The molecule has 0 saturated heterocycles. The van der Waals surface area contributed by atoms with Crippen LogP contribution in [0.3, 0.4) is 0 Å². The standard InChI is InChI=1S/C39H46N8O5/c1-22-17-33-44-34(26-13-14-26)45-46(33)21-29(22)25-9-5-23(6-10-25)18-30(40)36(49)47(28-15-16-31-32(19-28)43-37(50)42-31)35(48)27-11-7-24(8-12-27)20-41-38(51)52-39(2,3)4/h5-6,9-10,15-17,19,21,24,26-27,30H,7-8,11-14,18,20,40H2,1-4H3,(H,41,51)(H2,42,43,50)/t24-,27-,30-/m0/s1. The number of hydrogen-bond donors (Lipinski definition) is 4. The van der Waals surface area contributed by atoms with Crippen LogP contribution in [0.25, 0.3) is 27.8 Å². The van der Waals surface area contributed by atoms with Gasteiger partial charge >= 0.3 is 11.8 Å². The number of hydrogen-bond acceptors (Lipinski definition) is 8. The number of anilines is 1. The summed E-state index contributed by atoms with van der Waals surface area (Å²) in [4.78, 5) is 63.8. The van der Waals surface area contributed by atoms with E-state index < -0.39 is 29.6 Å². The zero-order valence-corrected chi connectivity index (χ0v) is 30.1. The minimum Gasteiger partial charge on any atom is -0.444 e. The van der Waals surface area contributed by atoms with E-state index in [-0.39, 0.29) is 23.9 Å². The predicted molar refractivity (Wildman–Crippen MR) is 198 cm³/mol. The van der Waals surface area contributed by atoms with Gasteiger partial charge in [0, 0.05) is 30.1 Å². The van der Waals surface area contributed by atoms with Gasteiger partial charge < -0.3 is 25.8 Å². The minimum atomic E-state index is -1.00. The summed E-state index contributed by atoms with van der Waals surface area (Å²) in [5, 5.41) is 7.54. The highest BCUT2D eigenvalue weighted by Gasteiger charge is 2.36. The summed E-state index contributed by atoms with van der Waals surface area (Å²) in [6.07, 6.45) is 6.59. The Morgan fingerprint density at radius 2 is 1.71 bits per heavy atom. The number of ether oxygens (including phenoxy) is 1. The Balaban J connectivity index is 1.05. The highest BCUT2D eigenvalue weighted by molar-refractivity contribution is 6.17. The summed E-state index contributed by atoms with van der Waals surface area (Å²) in [5.41, 5.74) is 11.9. The number of amides is 3. The lowest BCUT2D eigenvalue weighted by molar-refractivity contribution is -0.130. The van der Waals surface area contributed by atoms with Crippen molar-refractivity contribution in [1.29, 1.82) is 0 Å². The quantitative estimate of drug-likeness (QED) is 0.155. The van der Waals surface area contributed by atoms with Crippen molar-refractivity contribution in [3.63, 3.8) is 0 Å². The molecule has 7 rings (SSSR count). The first-order valence-electron chi connectivity index (χ1n) is 18.1. The maximum absolute atomic E-state index is 14.2. The number of rotatable bonds is 9. The molecule has 0 radical (unpaired) electrons. The van der Waals surface area contributed by atoms with Crippen LogP contribution in [-0.4, -0.2) is 60.7 Å². The van der Waals surface area contributed by atoms with Crippen LogP contribution in [0.1, 0.15) is 82.2 Å². The second kappa shape index (κ2) is 14.0. The first-order valence-corrected chi connectivity index (χ1v) is 18.1. The number of H-pyrrole nitrogens is 2. The molecule has 0 spiro atoms. The summed E-state index contributed by atoms with van der Waals surface area (Å²) in [5.74, 6) is 0.319. The van der Waals surface area contributed by atoms with Crippen LogP contribution in [0.2, 0.25) is 0 Å². The van der Waals surface area contributed by atoms with Crippen LogP contribution in [0.5, 0.6) is 0 Å². The molecule has 0 aliphatic heterocycles.